The van der Waals surface area contributed by atoms with Crippen LogP contribution in [0.2, 0.25) is 0 Å². The first-order chi connectivity index (χ1) is 5.33. The Bertz CT molecular complexity index is 239. The lowest BCUT2D eigenvalue weighted by Gasteiger charge is -1.91. The van der Waals surface area contributed by atoms with Crippen molar-refractivity contribution in [1.82, 2.24) is 0 Å². The van der Waals surface area contributed by atoms with E-state index in [0.717, 1.165) is 6.54 Å². The van der Waals surface area contributed by atoms with Crippen molar-refractivity contribution in [2.24, 2.45) is 0 Å². The van der Waals surface area contributed by atoms with E-state index in [1.54, 1.807) is 0 Å². The largest absolute Gasteiger partial charge is 1.00 e. The van der Waals surface area contributed by atoms with E-state index in [0.29, 0.717) is 0 Å². The molecule has 66 valence electrons. The standard InChI is InChI=1S/C10H14N.ClH/c1-3-4-7-11-8-5-10(2)6-9-11;/h3-6,8-9H,7H2,1-2H3;1H/q+1;/p-1/b4-3+;. The van der Waals surface area contributed by atoms with Crippen LogP contribution in [0, 0.1) is 6.92 Å². The third-order valence-electron chi connectivity index (χ3n) is 1.61. The Hall–Kier alpha value is -0.820. The Balaban J connectivity index is 0.00000121. The summed E-state index contributed by atoms with van der Waals surface area (Å²) in [4.78, 5) is 0. The summed E-state index contributed by atoms with van der Waals surface area (Å²) in [7, 11) is 0. The van der Waals surface area contributed by atoms with Crippen LogP contribution in [0.3, 0.4) is 0 Å². The molecule has 0 saturated heterocycles. The number of allylic oxidation sites excluding steroid dienone is 2. The van der Waals surface area contributed by atoms with Gasteiger partial charge in [-0.1, -0.05) is 6.08 Å². The van der Waals surface area contributed by atoms with Crippen LogP contribution < -0.4 is 17.0 Å². The van der Waals surface area contributed by atoms with Crippen LogP contribution in [0.4, 0.5) is 0 Å². The molecule has 1 heterocycles. The van der Waals surface area contributed by atoms with Gasteiger partial charge in [-0.05, 0) is 25.5 Å². The summed E-state index contributed by atoms with van der Waals surface area (Å²) in [5, 5.41) is 0. The van der Waals surface area contributed by atoms with Gasteiger partial charge in [0.2, 0.25) is 0 Å². The highest BCUT2D eigenvalue weighted by atomic mass is 35.5. The molecule has 0 radical (unpaired) electrons. The summed E-state index contributed by atoms with van der Waals surface area (Å²) in [6, 6.07) is 4.23. The van der Waals surface area contributed by atoms with Gasteiger partial charge in [-0.2, -0.15) is 0 Å². The minimum Gasteiger partial charge on any atom is -1.00 e. The molecule has 1 aromatic heterocycles. The monoisotopic (exact) mass is 183 g/mol. The highest BCUT2D eigenvalue weighted by molar-refractivity contribution is 5.03. The molecular formula is C10H14ClN. The van der Waals surface area contributed by atoms with Gasteiger partial charge in [-0.25, -0.2) is 4.57 Å². The van der Waals surface area contributed by atoms with E-state index in [1.165, 1.54) is 5.56 Å². The second-order valence-electron chi connectivity index (χ2n) is 2.64. The number of halogens is 1. The Morgan fingerprint density at radius 2 is 1.92 bits per heavy atom. The molecule has 1 nitrogen and oxygen atoms in total. The summed E-state index contributed by atoms with van der Waals surface area (Å²) in [5.74, 6) is 0. The SMILES string of the molecule is C/C=C/C[n+]1ccc(C)cc1.[Cl-]. The lowest BCUT2D eigenvalue weighted by Crippen LogP contribution is -3.00. The molecule has 0 bridgehead atoms. The fourth-order valence-corrected chi connectivity index (χ4v) is 0.881. The van der Waals surface area contributed by atoms with Gasteiger partial charge in [0.25, 0.3) is 0 Å². The maximum absolute atomic E-state index is 2.15. The number of hydrogen-bond acceptors (Lipinski definition) is 0. The quantitative estimate of drug-likeness (QED) is 0.404. The molecule has 2 heteroatoms. The van der Waals surface area contributed by atoms with Crippen LogP contribution in [0.1, 0.15) is 12.5 Å². The van der Waals surface area contributed by atoms with Crippen molar-refractivity contribution < 1.29 is 17.0 Å². The van der Waals surface area contributed by atoms with Crippen LogP contribution in [-0.4, -0.2) is 0 Å². The summed E-state index contributed by atoms with van der Waals surface area (Å²) in [6.45, 7) is 5.10. The number of aryl methyl sites for hydroxylation is 1. The highest BCUT2D eigenvalue weighted by Crippen LogP contribution is 1.89. The topological polar surface area (TPSA) is 3.88 Å². The Morgan fingerprint density at radius 3 is 2.42 bits per heavy atom. The first-order valence-electron chi connectivity index (χ1n) is 3.90. The normalized spacial score (nSPS) is 9.83. The van der Waals surface area contributed by atoms with Gasteiger partial charge >= 0.3 is 0 Å². The van der Waals surface area contributed by atoms with Crippen molar-refractivity contribution >= 4 is 0 Å². The molecule has 0 aliphatic carbocycles. The second-order valence-corrected chi connectivity index (χ2v) is 2.64. The third-order valence-corrected chi connectivity index (χ3v) is 1.61. The summed E-state index contributed by atoms with van der Waals surface area (Å²) >= 11 is 0. The lowest BCUT2D eigenvalue weighted by atomic mass is 10.3. The summed E-state index contributed by atoms with van der Waals surface area (Å²) in [5.41, 5.74) is 1.31. The van der Waals surface area contributed by atoms with Gasteiger partial charge in [0.1, 0.15) is 0 Å². The molecule has 0 aliphatic rings. The first-order valence-corrected chi connectivity index (χ1v) is 3.90. The molecule has 1 rings (SSSR count). The Labute approximate surface area is 80.1 Å². The van der Waals surface area contributed by atoms with E-state index in [1.807, 2.05) is 6.92 Å². The van der Waals surface area contributed by atoms with Crippen molar-refractivity contribution in [3.63, 3.8) is 0 Å². The zero-order chi connectivity index (χ0) is 8.10. The van der Waals surface area contributed by atoms with Crippen molar-refractivity contribution in [3.8, 4) is 0 Å². The van der Waals surface area contributed by atoms with E-state index in [9.17, 15) is 0 Å². The number of hydrogen-bond donors (Lipinski definition) is 0. The van der Waals surface area contributed by atoms with Crippen molar-refractivity contribution in [2.75, 3.05) is 0 Å². The van der Waals surface area contributed by atoms with Gasteiger partial charge in [0, 0.05) is 12.1 Å². The van der Waals surface area contributed by atoms with Crippen LogP contribution in [0.5, 0.6) is 0 Å². The van der Waals surface area contributed by atoms with Crippen molar-refractivity contribution in [1.29, 1.82) is 0 Å². The van der Waals surface area contributed by atoms with Crippen LogP contribution in [-0.2, 0) is 6.54 Å². The molecule has 0 amide bonds. The average Bonchev–Trinajstić information content (AvgIpc) is 2.04. The lowest BCUT2D eigenvalue weighted by molar-refractivity contribution is -0.687. The number of pyridine rings is 1. The second kappa shape index (κ2) is 5.78. The van der Waals surface area contributed by atoms with Gasteiger partial charge in [-0.3, -0.25) is 0 Å². The fraction of sp³-hybridized carbons (Fsp3) is 0.300. The molecule has 1 aromatic rings. The van der Waals surface area contributed by atoms with Crippen LogP contribution >= 0.6 is 0 Å². The van der Waals surface area contributed by atoms with E-state index in [-0.39, 0.29) is 12.4 Å². The predicted molar refractivity (Wildman–Crippen MR) is 46.2 cm³/mol. The highest BCUT2D eigenvalue weighted by Gasteiger charge is 1.93. The molecule has 0 spiro atoms. The average molecular weight is 184 g/mol. The molecule has 0 unspecified atom stereocenters. The van der Waals surface area contributed by atoms with Gasteiger partial charge in [0.05, 0.1) is 0 Å². The predicted octanol–water partition coefficient (Wildman–Crippen LogP) is -1.14. The number of aromatic nitrogens is 1. The summed E-state index contributed by atoms with van der Waals surface area (Å²) in [6.07, 6.45) is 8.38. The van der Waals surface area contributed by atoms with Crippen molar-refractivity contribution in [2.45, 2.75) is 20.4 Å². The van der Waals surface area contributed by atoms with Gasteiger partial charge in [0.15, 0.2) is 18.9 Å². The number of nitrogens with zero attached hydrogens (tertiary/aromatic N) is 1. The smallest absolute Gasteiger partial charge is 0.169 e. The van der Waals surface area contributed by atoms with Crippen molar-refractivity contribution in [3.05, 3.63) is 42.2 Å². The Kier molecular flexibility index (Phi) is 5.39. The van der Waals surface area contributed by atoms with E-state index in [4.69, 9.17) is 0 Å². The number of rotatable bonds is 2. The fourth-order valence-electron chi connectivity index (χ4n) is 0.881. The first kappa shape index (κ1) is 11.2. The minimum atomic E-state index is 0. The molecule has 0 fully saturated rings. The molecule has 0 aliphatic heterocycles. The van der Waals surface area contributed by atoms with E-state index < -0.39 is 0 Å². The third kappa shape index (κ3) is 3.54. The molecular weight excluding hydrogens is 170 g/mol. The molecule has 0 aromatic carbocycles. The van der Waals surface area contributed by atoms with Gasteiger partial charge < -0.3 is 12.4 Å². The van der Waals surface area contributed by atoms with E-state index in [2.05, 4.69) is 48.2 Å². The zero-order valence-corrected chi connectivity index (χ0v) is 8.25. The molecule has 0 saturated carbocycles. The minimum absolute atomic E-state index is 0. The van der Waals surface area contributed by atoms with Gasteiger partial charge in [-0.15, -0.1) is 0 Å². The maximum atomic E-state index is 2.15. The zero-order valence-electron chi connectivity index (χ0n) is 7.50. The maximum Gasteiger partial charge on any atom is 0.169 e. The van der Waals surface area contributed by atoms with E-state index >= 15 is 0 Å². The summed E-state index contributed by atoms with van der Waals surface area (Å²) < 4.78 is 2.15. The molecule has 0 N–H and O–H groups in total. The van der Waals surface area contributed by atoms with Crippen LogP contribution in [0.25, 0.3) is 0 Å². The Morgan fingerprint density at radius 1 is 1.33 bits per heavy atom. The molecule has 12 heavy (non-hydrogen) atoms. The van der Waals surface area contributed by atoms with Crippen LogP contribution in [0.15, 0.2) is 36.7 Å². The molecule has 0 atom stereocenters.